The van der Waals surface area contributed by atoms with E-state index in [0.29, 0.717) is 19.3 Å². The smallest absolute Gasteiger partial charge is 0.463 e. The lowest BCUT2D eigenvalue weighted by Crippen LogP contribution is -2.30. The summed E-state index contributed by atoms with van der Waals surface area (Å²) in [6.45, 7) is 2.36. The molecule has 578 valence electrons. The molecule has 0 fully saturated rings. The van der Waals surface area contributed by atoms with E-state index in [0.717, 1.165) is 141 Å². The summed E-state index contributed by atoms with van der Waals surface area (Å²) in [5.41, 5.74) is 0. The molecular weight excluding hydrogens is 1310 g/mol. The summed E-state index contributed by atoms with van der Waals surface area (Å²) in [6, 6.07) is 0. The number of allylic oxidation sites excluding steroid dienone is 24. The third-order valence-electron chi connectivity index (χ3n) is 16.0. The van der Waals surface area contributed by atoms with Crippen molar-refractivity contribution >= 4 is 33.6 Å². The van der Waals surface area contributed by atoms with Gasteiger partial charge in [0.15, 0.2) is 6.10 Å². The molecule has 0 spiro atoms. The summed E-state index contributed by atoms with van der Waals surface area (Å²) in [5, 5.41) is 20.6. The van der Waals surface area contributed by atoms with Gasteiger partial charge in [0.1, 0.15) is 25.4 Å². The maximum atomic E-state index is 13.0. The number of aliphatic hydroxyl groups is 2. The van der Waals surface area contributed by atoms with E-state index < -0.39 is 91.5 Å². The largest absolute Gasteiger partial charge is 0.472 e. The minimum absolute atomic E-state index is 0.0666. The molecule has 0 radical (unpaired) electrons. The number of phosphoric ester groups is 2. The first-order chi connectivity index (χ1) is 49.2. The van der Waals surface area contributed by atoms with Gasteiger partial charge in [-0.1, -0.05) is 289 Å². The molecule has 0 heterocycles. The average Bonchev–Trinajstić information content (AvgIpc) is 1.16. The molecule has 0 aliphatic carbocycles. The quantitative estimate of drug-likeness (QED) is 0.0146. The molecule has 16 nitrogen and oxygen atoms in total. The van der Waals surface area contributed by atoms with E-state index in [1.54, 1.807) is 0 Å². The van der Waals surface area contributed by atoms with Gasteiger partial charge in [-0.25, -0.2) is 9.13 Å². The second-order valence-corrected chi connectivity index (χ2v) is 28.7. The van der Waals surface area contributed by atoms with Crippen molar-refractivity contribution in [3.05, 3.63) is 146 Å². The molecule has 0 rings (SSSR count). The Balaban J connectivity index is 4.52. The Labute approximate surface area is 613 Å². The Morgan fingerprint density at radius 3 is 0.832 bits per heavy atom. The number of ether oxygens (including phenoxy) is 3. The van der Waals surface area contributed by atoms with Crippen LogP contribution < -0.4 is 0 Å². The molecule has 5 atom stereocenters. The number of carbonyl (C=O) groups is 3. The Bertz CT molecular complexity index is 2420. The van der Waals surface area contributed by atoms with Crippen molar-refractivity contribution < 1.29 is 75.8 Å². The molecule has 0 aliphatic heterocycles. The number of phosphoric acid groups is 2. The first-order valence-electron chi connectivity index (χ1n) is 39.1. The van der Waals surface area contributed by atoms with Gasteiger partial charge in [0, 0.05) is 19.3 Å². The molecular formula is C83H140O16P2. The first kappa shape index (κ1) is 96.4. The van der Waals surface area contributed by atoms with Crippen LogP contribution in [0.5, 0.6) is 0 Å². The maximum absolute atomic E-state index is 13.0. The molecule has 5 unspecified atom stereocenters. The minimum atomic E-state index is -4.95. The summed E-state index contributed by atoms with van der Waals surface area (Å²) < 4.78 is 61.1. The lowest BCUT2D eigenvalue weighted by molar-refractivity contribution is -0.161. The number of aliphatic hydroxyl groups excluding tert-OH is 2. The molecule has 0 aliphatic rings. The summed E-state index contributed by atoms with van der Waals surface area (Å²) in [4.78, 5) is 58.6. The predicted molar refractivity (Wildman–Crippen MR) is 417 cm³/mol. The average molecular weight is 1460 g/mol. The third kappa shape index (κ3) is 76.4. The number of rotatable bonds is 73. The lowest BCUT2D eigenvalue weighted by atomic mass is 10.0. The van der Waals surface area contributed by atoms with Gasteiger partial charge in [-0.3, -0.25) is 32.5 Å². The van der Waals surface area contributed by atoms with Crippen molar-refractivity contribution in [2.75, 3.05) is 39.6 Å². The Kier molecular flexibility index (Phi) is 71.7. The molecule has 4 N–H and O–H groups in total. The van der Waals surface area contributed by atoms with Crippen LogP contribution in [0.3, 0.4) is 0 Å². The van der Waals surface area contributed by atoms with Crippen LogP contribution in [0, 0.1) is 0 Å². The van der Waals surface area contributed by atoms with E-state index >= 15 is 0 Å². The Morgan fingerprint density at radius 1 is 0.287 bits per heavy atom. The van der Waals surface area contributed by atoms with E-state index in [2.05, 4.69) is 167 Å². The maximum Gasteiger partial charge on any atom is 0.472 e. The van der Waals surface area contributed by atoms with E-state index in [4.69, 9.17) is 32.3 Å². The molecule has 0 bridgehead atoms. The number of carbonyl (C=O) groups excluding carboxylic acids is 3. The molecule has 0 aromatic rings. The van der Waals surface area contributed by atoms with Crippen LogP contribution in [0.1, 0.15) is 303 Å². The van der Waals surface area contributed by atoms with Crippen LogP contribution in [-0.4, -0.2) is 95.9 Å². The van der Waals surface area contributed by atoms with Gasteiger partial charge in [0.05, 0.1) is 26.4 Å². The van der Waals surface area contributed by atoms with Crippen molar-refractivity contribution in [2.24, 2.45) is 0 Å². The highest BCUT2D eigenvalue weighted by atomic mass is 31.2. The Morgan fingerprint density at radius 2 is 0.525 bits per heavy atom. The van der Waals surface area contributed by atoms with Crippen molar-refractivity contribution in [1.29, 1.82) is 0 Å². The van der Waals surface area contributed by atoms with E-state index in [1.165, 1.54) is 103 Å². The molecule has 101 heavy (non-hydrogen) atoms. The van der Waals surface area contributed by atoms with Gasteiger partial charge in [-0.2, -0.15) is 0 Å². The monoisotopic (exact) mass is 1450 g/mol. The van der Waals surface area contributed by atoms with Crippen molar-refractivity contribution in [1.82, 2.24) is 0 Å². The van der Waals surface area contributed by atoms with Gasteiger partial charge < -0.3 is 34.2 Å². The van der Waals surface area contributed by atoms with E-state index in [1.807, 2.05) is 0 Å². The highest BCUT2D eigenvalue weighted by Gasteiger charge is 2.29. The summed E-state index contributed by atoms with van der Waals surface area (Å²) in [6.07, 6.45) is 91.9. The highest BCUT2D eigenvalue weighted by Crippen LogP contribution is 2.45. The first-order valence-corrected chi connectivity index (χ1v) is 42.1. The van der Waals surface area contributed by atoms with Gasteiger partial charge in [0.25, 0.3) is 0 Å². The van der Waals surface area contributed by atoms with Crippen molar-refractivity contribution in [2.45, 2.75) is 322 Å². The number of esters is 3. The fraction of sp³-hybridized carbons (Fsp3) is 0.675. The third-order valence-corrected chi connectivity index (χ3v) is 17.9. The number of hydrogen-bond acceptors (Lipinski definition) is 14. The van der Waals surface area contributed by atoms with Crippen LogP contribution in [0.15, 0.2) is 146 Å². The highest BCUT2D eigenvalue weighted by molar-refractivity contribution is 7.47. The molecule has 0 aromatic carbocycles. The second kappa shape index (κ2) is 75.1. The lowest BCUT2D eigenvalue weighted by Gasteiger charge is -2.21. The topological polar surface area (TPSA) is 231 Å². The van der Waals surface area contributed by atoms with Gasteiger partial charge in [-0.15, -0.1) is 0 Å². The van der Waals surface area contributed by atoms with Crippen LogP contribution in [0.4, 0.5) is 0 Å². The zero-order chi connectivity index (χ0) is 73.7. The van der Waals surface area contributed by atoms with Crippen LogP contribution in [-0.2, 0) is 55.8 Å². The van der Waals surface area contributed by atoms with E-state index in [9.17, 15) is 43.5 Å². The molecule has 0 amide bonds. The molecule has 0 aromatic heterocycles. The van der Waals surface area contributed by atoms with Crippen LogP contribution >= 0.6 is 15.6 Å². The molecule has 18 heteroatoms. The molecule has 0 saturated heterocycles. The van der Waals surface area contributed by atoms with Gasteiger partial charge in [-0.05, 0) is 141 Å². The fourth-order valence-electron chi connectivity index (χ4n) is 10.1. The van der Waals surface area contributed by atoms with Gasteiger partial charge in [0.2, 0.25) is 0 Å². The van der Waals surface area contributed by atoms with Crippen LogP contribution in [0.2, 0.25) is 0 Å². The van der Waals surface area contributed by atoms with Crippen molar-refractivity contribution in [3.63, 3.8) is 0 Å². The standard InChI is InChI=1S/C83H140O16P2/c1-4-7-10-13-16-19-22-25-28-31-32-33-34-35-36-37-38-39-40-41-42-43-44-47-49-51-54-57-60-63-66-69-81(86)93-72-78(84)73-95-100(89,90)96-74-79(85)75-97-101(91,92)98-77-80(99-83(88)71-68-65-62-59-56-53-50-46-30-27-24-21-18-15-12-9-6-3)76-94-82(87)70-67-64-61-58-55-52-48-45-29-26-23-20-17-14-11-8-5-2/h8-9,11-12,16-21,25-30,32-33,35-36,48,50,52-53,78-80,84-85H,4-7,10,13-15,22-24,31,34,37-47,49,51,54-77H2,1-3H3,(H,89,90)(H,91,92)/b11-8-,12-9-,19-16-,20-17-,21-18-,28-25-,29-26-,30-27-,33-32-,36-35-,52-48-,53-50-. The normalized spacial score (nSPS) is 14.8. The zero-order valence-corrected chi connectivity index (χ0v) is 64.8. The zero-order valence-electron chi connectivity index (χ0n) is 63.0. The molecule has 0 saturated carbocycles. The summed E-state index contributed by atoms with van der Waals surface area (Å²) in [5.74, 6) is -1.63. The van der Waals surface area contributed by atoms with Crippen LogP contribution in [0.25, 0.3) is 0 Å². The number of hydrogen-bond donors (Lipinski definition) is 4. The fourth-order valence-corrected chi connectivity index (χ4v) is 11.7. The minimum Gasteiger partial charge on any atom is -0.463 e. The SMILES string of the molecule is CC/C=C\C/C=C\C/C=C\C/C=C\CCCCCCC(=O)OCC(COP(=O)(O)OCC(O)COP(=O)(O)OCC(O)COC(=O)CCCCCCCCCCCCCCCCC/C=C\C/C=C\C/C=C\C/C=C\CCCCC)OC(=O)CCCCCC/C=C\C/C=C\C/C=C\C/C=C\CC. The number of unbranched alkanes of at least 4 members (excludes halogenated alkanes) is 26. The van der Waals surface area contributed by atoms with Crippen molar-refractivity contribution in [3.8, 4) is 0 Å². The summed E-state index contributed by atoms with van der Waals surface area (Å²) in [7, 11) is -9.81. The predicted octanol–water partition coefficient (Wildman–Crippen LogP) is 22.9. The summed E-state index contributed by atoms with van der Waals surface area (Å²) >= 11 is 0. The Hall–Kier alpha value is -4.57. The van der Waals surface area contributed by atoms with Gasteiger partial charge >= 0.3 is 33.6 Å². The second-order valence-electron chi connectivity index (χ2n) is 25.7. The van der Waals surface area contributed by atoms with E-state index in [-0.39, 0.29) is 19.3 Å².